The van der Waals surface area contributed by atoms with Crippen LogP contribution in [0.4, 0.5) is 0 Å². The fourth-order valence-electron chi connectivity index (χ4n) is 3.78. The highest BCUT2D eigenvalue weighted by Crippen LogP contribution is 2.35. The third kappa shape index (κ3) is 2.73. The summed E-state index contributed by atoms with van der Waals surface area (Å²) in [6, 6.07) is 17.5. The van der Waals surface area contributed by atoms with E-state index in [0.717, 1.165) is 30.5 Å². The van der Waals surface area contributed by atoms with Gasteiger partial charge in [0.2, 0.25) is 0 Å². The lowest BCUT2D eigenvalue weighted by molar-refractivity contribution is 0.291. The van der Waals surface area contributed by atoms with Crippen molar-refractivity contribution >= 4 is 26.8 Å². The summed E-state index contributed by atoms with van der Waals surface area (Å²) in [6.45, 7) is 5.57. The summed E-state index contributed by atoms with van der Waals surface area (Å²) in [4.78, 5) is 6.29. The lowest BCUT2D eigenvalue weighted by Crippen LogP contribution is -2.28. The molecule has 0 saturated carbocycles. The third-order valence-electron chi connectivity index (χ3n) is 5.01. The number of nitrogens with zero attached hydrogens (tertiary/aromatic N) is 1. The molecule has 2 heterocycles. The van der Waals surface area contributed by atoms with Crippen LogP contribution in [0.3, 0.4) is 0 Å². The highest BCUT2D eigenvalue weighted by atomic mass is 79.9. The summed E-state index contributed by atoms with van der Waals surface area (Å²) in [5.41, 5.74) is 5.55. The molecule has 0 fully saturated rings. The first-order valence-electron chi connectivity index (χ1n) is 8.33. The van der Waals surface area contributed by atoms with Crippen molar-refractivity contribution < 1.29 is 0 Å². The molecule has 1 unspecified atom stereocenters. The zero-order chi connectivity index (χ0) is 15.8. The first-order chi connectivity index (χ1) is 11.3. The van der Waals surface area contributed by atoms with Gasteiger partial charge in [0.15, 0.2) is 0 Å². The van der Waals surface area contributed by atoms with Crippen molar-refractivity contribution in [2.45, 2.75) is 19.3 Å². The highest BCUT2D eigenvalue weighted by Gasteiger charge is 2.27. The van der Waals surface area contributed by atoms with Crippen molar-refractivity contribution in [2.24, 2.45) is 0 Å². The van der Waals surface area contributed by atoms with E-state index in [0.29, 0.717) is 5.92 Å². The predicted octanol–water partition coefficient (Wildman–Crippen LogP) is 4.94. The summed E-state index contributed by atoms with van der Waals surface area (Å²) in [6.07, 6.45) is 1.12. The van der Waals surface area contributed by atoms with Gasteiger partial charge in [-0.2, -0.15) is 0 Å². The fraction of sp³-hybridized carbons (Fsp3) is 0.300. The molecule has 2 nitrogen and oxygen atoms in total. The minimum atomic E-state index is 0.400. The third-order valence-corrected chi connectivity index (χ3v) is 5.51. The van der Waals surface area contributed by atoms with E-state index in [4.69, 9.17) is 0 Å². The molecule has 118 valence electrons. The molecule has 1 N–H and O–H groups in total. The van der Waals surface area contributed by atoms with Crippen LogP contribution in [0.15, 0.2) is 53.0 Å². The van der Waals surface area contributed by atoms with Gasteiger partial charge in [0.25, 0.3) is 0 Å². The van der Waals surface area contributed by atoms with Crippen molar-refractivity contribution in [2.75, 3.05) is 19.6 Å². The molecule has 1 aliphatic rings. The fourth-order valence-corrected chi connectivity index (χ4v) is 4.20. The van der Waals surface area contributed by atoms with Crippen LogP contribution in [-0.2, 0) is 6.42 Å². The molecule has 0 bridgehead atoms. The van der Waals surface area contributed by atoms with E-state index in [9.17, 15) is 0 Å². The second-order valence-corrected chi connectivity index (χ2v) is 7.23. The minimum Gasteiger partial charge on any atom is -0.358 e. The summed E-state index contributed by atoms with van der Waals surface area (Å²) < 4.78 is 1.15. The van der Waals surface area contributed by atoms with Gasteiger partial charge in [-0.25, -0.2) is 0 Å². The largest absolute Gasteiger partial charge is 0.358 e. The summed E-state index contributed by atoms with van der Waals surface area (Å²) in [7, 11) is 0. The molecule has 3 aromatic rings. The molecule has 0 saturated heterocycles. The summed E-state index contributed by atoms with van der Waals surface area (Å²) >= 11 is 3.63. The number of hydrogen-bond donors (Lipinski definition) is 1. The normalized spacial score (nSPS) is 18.8. The van der Waals surface area contributed by atoms with Crippen LogP contribution >= 0.6 is 15.9 Å². The van der Waals surface area contributed by atoms with Crippen molar-refractivity contribution in [3.05, 3.63) is 69.8 Å². The summed E-state index contributed by atoms with van der Waals surface area (Å²) in [5.74, 6) is 0.400. The van der Waals surface area contributed by atoms with Crippen LogP contribution in [0.1, 0.15) is 29.7 Å². The van der Waals surface area contributed by atoms with E-state index < -0.39 is 0 Å². The SMILES string of the molecule is CCN1CCc2c([nH]c3ccccc23)C(c2cccc(Br)c2)C1. The first-order valence-corrected chi connectivity index (χ1v) is 9.13. The maximum atomic E-state index is 3.73. The van der Waals surface area contributed by atoms with Crippen molar-refractivity contribution in [3.8, 4) is 0 Å². The van der Waals surface area contributed by atoms with Crippen molar-refractivity contribution in [3.63, 3.8) is 0 Å². The second kappa shape index (κ2) is 6.14. The van der Waals surface area contributed by atoms with Gasteiger partial charge in [-0.05, 0) is 42.3 Å². The van der Waals surface area contributed by atoms with Crippen LogP contribution in [0.2, 0.25) is 0 Å². The Kier molecular flexibility index (Phi) is 4.00. The highest BCUT2D eigenvalue weighted by molar-refractivity contribution is 9.10. The Morgan fingerprint density at radius 2 is 2.04 bits per heavy atom. The Labute approximate surface area is 145 Å². The molecule has 3 heteroatoms. The van der Waals surface area contributed by atoms with Crippen LogP contribution in [0.25, 0.3) is 10.9 Å². The number of halogens is 1. The van der Waals surface area contributed by atoms with Gasteiger partial charge >= 0.3 is 0 Å². The predicted molar refractivity (Wildman–Crippen MR) is 100 cm³/mol. The van der Waals surface area contributed by atoms with Crippen LogP contribution in [0, 0.1) is 0 Å². The number of nitrogens with one attached hydrogen (secondary N) is 1. The standard InChI is InChI=1S/C20H21BrN2/c1-2-23-11-10-17-16-8-3-4-9-19(16)22-20(17)18(13-23)14-6-5-7-15(21)12-14/h3-9,12,18,22H,2,10-11,13H2,1H3. The lowest BCUT2D eigenvalue weighted by Gasteiger charge is -2.23. The number of fused-ring (bicyclic) bond motifs is 3. The quantitative estimate of drug-likeness (QED) is 0.678. The molecular weight excluding hydrogens is 348 g/mol. The number of benzene rings is 2. The number of para-hydroxylation sites is 1. The lowest BCUT2D eigenvalue weighted by atomic mass is 9.92. The Balaban J connectivity index is 1.89. The van der Waals surface area contributed by atoms with Crippen molar-refractivity contribution in [1.29, 1.82) is 0 Å². The smallest absolute Gasteiger partial charge is 0.0459 e. The molecular formula is C20H21BrN2. The number of aromatic nitrogens is 1. The Bertz CT molecular complexity index is 837. The molecule has 0 radical (unpaired) electrons. The van der Waals surface area contributed by atoms with E-state index in [1.54, 1.807) is 0 Å². The monoisotopic (exact) mass is 368 g/mol. The Morgan fingerprint density at radius 3 is 2.87 bits per heavy atom. The average Bonchev–Trinajstić information content (AvgIpc) is 2.83. The molecule has 23 heavy (non-hydrogen) atoms. The average molecular weight is 369 g/mol. The van der Waals surface area contributed by atoms with E-state index in [2.05, 4.69) is 81.3 Å². The van der Waals surface area contributed by atoms with Crippen LogP contribution in [-0.4, -0.2) is 29.5 Å². The number of hydrogen-bond acceptors (Lipinski definition) is 1. The molecule has 0 amide bonds. The molecule has 0 spiro atoms. The van der Waals surface area contributed by atoms with E-state index >= 15 is 0 Å². The van der Waals surface area contributed by atoms with E-state index in [1.807, 2.05) is 0 Å². The topological polar surface area (TPSA) is 19.0 Å². The van der Waals surface area contributed by atoms with Crippen LogP contribution < -0.4 is 0 Å². The molecule has 0 aliphatic carbocycles. The van der Waals surface area contributed by atoms with Gasteiger partial charge < -0.3 is 9.88 Å². The Hall–Kier alpha value is -1.58. The zero-order valence-corrected chi connectivity index (χ0v) is 14.9. The first kappa shape index (κ1) is 15.0. The van der Waals surface area contributed by atoms with Gasteiger partial charge in [0.05, 0.1) is 0 Å². The molecule has 1 atom stereocenters. The Morgan fingerprint density at radius 1 is 1.17 bits per heavy atom. The number of aromatic amines is 1. The maximum Gasteiger partial charge on any atom is 0.0459 e. The van der Waals surface area contributed by atoms with Gasteiger partial charge in [0.1, 0.15) is 0 Å². The molecule has 1 aliphatic heterocycles. The summed E-state index contributed by atoms with van der Waals surface area (Å²) in [5, 5.41) is 1.39. The van der Waals surface area contributed by atoms with Crippen LogP contribution in [0.5, 0.6) is 0 Å². The zero-order valence-electron chi connectivity index (χ0n) is 13.3. The molecule has 2 aromatic carbocycles. The van der Waals surface area contributed by atoms with E-state index in [1.165, 1.54) is 27.7 Å². The van der Waals surface area contributed by atoms with Crippen molar-refractivity contribution in [1.82, 2.24) is 9.88 Å². The number of rotatable bonds is 2. The maximum absolute atomic E-state index is 3.73. The molecule has 1 aromatic heterocycles. The van der Waals surface area contributed by atoms with Gasteiger partial charge in [-0.1, -0.05) is 53.2 Å². The van der Waals surface area contributed by atoms with Gasteiger partial charge in [-0.3, -0.25) is 0 Å². The molecule has 4 rings (SSSR count). The van der Waals surface area contributed by atoms with Gasteiger partial charge in [0, 0.05) is 40.1 Å². The van der Waals surface area contributed by atoms with E-state index in [-0.39, 0.29) is 0 Å². The number of likely N-dealkylation sites (N-methyl/N-ethyl adjacent to an activating group) is 1. The number of H-pyrrole nitrogens is 1. The second-order valence-electron chi connectivity index (χ2n) is 6.31. The minimum absolute atomic E-state index is 0.400. The van der Waals surface area contributed by atoms with Gasteiger partial charge in [-0.15, -0.1) is 0 Å².